The molecule has 0 saturated heterocycles. The lowest BCUT2D eigenvalue weighted by molar-refractivity contribution is 1.38. The lowest BCUT2D eigenvalue weighted by atomic mass is 10.1. The summed E-state index contributed by atoms with van der Waals surface area (Å²) in [5, 5.41) is 9.19. The van der Waals surface area contributed by atoms with Gasteiger partial charge in [-0.25, -0.2) is 0 Å². The molecular formula is C8H5ClIN. The van der Waals surface area contributed by atoms with Gasteiger partial charge in [-0.05, 0) is 47.2 Å². The van der Waals surface area contributed by atoms with Crippen molar-refractivity contribution >= 4 is 34.2 Å². The number of benzene rings is 1. The van der Waals surface area contributed by atoms with Crippen LogP contribution in [-0.2, 0) is 0 Å². The second-order valence-electron chi connectivity index (χ2n) is 2.19. The molecule has 1 aromatic carbocycles. The smallest absolute Gasteiger partial charge is 0.101 e. The zero-order valence-corrected chi connectivity index (χ0v) is 8.77. The Morgan fingerprint density at radius 1 is 1.55 bits per heavy atom. The van der Waals surface area contributed by atoms with Gasteiger partial charge >= 0.3 is 0 Å². The van der Waals surface area contributed by atoms with E-state index in [1.807, 2.05) is 13.0 Å². The summed E-state index contributed by atoms with van der Waals surface area (Å²) in [6.45, 7) is 1.88. The number of nitriles is 1. The Morgan fingerprint density at radius 3 is 2.64 bits per heavy atom. The van der Waals surface area contributed by atoms with Crippen LogP contribution in [-0.4, -0.2) is 0 Å². The van der Waals surface area contributed by atoms with Crippen molar-refractivity contribution in [1.29, 1.82) is 5.26 Å². The minimum Gasteiger partial charge on any atom is -0.192 e. The highest BCUT2D eigenvalue weighted by molar-refractivity contribution is 14.1. The highest BCUT2D eigenvalue weighted by atomic mass is 127. The summed E-state index contributed by atoms with van der Waals surface area (Å²) in [7, 11) is 0. The number of rotatable bonds is 0. The topological polar surface area (TPSA) is 23.8 Å². The van der Waals surface area contributed by atoms with Crippen LogP contribution in [0.4, 0.5) is 0 Å². The summed E-state index contributed by atoms with van der Waals surface area (Å²) in [6.07, 6.45) is 0. The Kier molecular flexibility index (Phi) is 2.74. The van der Waals surface area contributed by atoms with E-state index in [1.165, 1.54) is 0 Å². The van der Waals surface area contributed by atoms with Crippen LogP contribution in [0.3, 0.4) is 0 Å². The summed E-state index contributed by atoms with van der Waals surface area (Å²) in [5.41, 5.74) is 1.51. The van der Waals surface area contributed by atoms with Crippen molar-refractivity contribution in [1.82, 2.24) is 0 Å². The minimum atomic E-state index is 0.539. The number of nitrogens with zero attached hydrogens (tertiary/aromatic N) is 1. The molecule has 0 aliphatic carbocycles. The summed E-state index contributed by atoms with van der Waals surface area (Å²) in [5.74, 6) is 0. The fourth-order valence-electron chi connectivity index (χ4n) is 0.844. The molecule has 0 aliphatic heterocycles. The molecule has 11 heavy (non-hydrogen) atoms. The maximum Gasteiger partial charge on any atom is 0.101 e. The number of aryl methyl sites for hydroxylation is 1. The van der Waals surface area contributed by atoms with Gasteiger partial charge in [0.25, 0.3) is 0 Å². The molecule has 1 rings (SSSR count). The molecule has 0 spiro atoms. The molecule has 3 heteroatoms. The fraction of sp³-hybridized carbons (Fsp3) is 0.125. The van der Waals surface area contributed by atoms with Crippen LogP contribution < -0.4 is 0 Å². The Bertz CT molecular complexity index is 304. The Balaban J connectivity index is 3.40. The highest BCUT2D eigenvalue weighted by Crippen LogP contribution is 2.21. The van der Waals surface area contributed by atoms with Gasteiger partial charge in [-0.3, -0.25) is 0 Å². The Morgan fingerprint density at radius 2 is 2.18 bits per heavy atom. The molecular weight excluding hydrogens is 272 g/mol. The van der Waals surface area contributed by atoms with Gasteiger partial charge in [-0.1, -0.05) is 11.6 Å². The van der Waals surface area contributed by atoms with Crippen molar-refractivity contribution in [2.45, 2.75) is 6.92 Å². The Hall–Kier alpha value is -0.270. The van der Waals surface area contributed by atoms with Crippen LogP contribution in [0.25, 0.3) is 0 Å². The molecule has 0 fully saturated rings. The van der Waals surface area contributed by atoms with E-state index in [0.717, 1.165) is 9.13 Å². The van der Waals surface area contributed by atoms with Gasteiger partial charge in [0.15, 0.2) is 0 Å². The molecule has 0 bridgehead atoms. The van der Waals surface area contributed by atoms with Crippen LogP contribution in [0, 0.1) is 21.8 Å². The molecule has 1 aromatic rings. The average Bonchev–Trinajstić information content (AvgIpc) is 1.85. The van der Waals surface area contributed by atoms with Crippen molar-refractivity contribution in [3.05, 3.63) is 31.9 Å². The molecule has 1 nitrogen and oxygen atoms in total. The van der Waals surface area contributed by atoms with Crippen molar-refractivity contribution in [3.8, 4) is 6.07 Å². The molecule has 0 heterocycles. The van der Waals surface area contributed by atoms with E-state index in [4.69, 9.17) is 16.9 Å². The highest BCUT2D eigenvalue weighted by Gasteiger charge is 2.03. The van der Waals surface area contributed by atoms with E-state index in [-0.39, 0.29) is 0 Å². The van der Waals surface area contributed by atoms with Gasteiger partial charge in [0.2, 0.25) is 0 Å². The summed E-state index contributed by atoms with van der Waals surface area (Å²) < 4.78 is 1.06. The van der Waals surface area contributed by atoms with Crippen LogP contribution in [0.5, 0.6) is 0 Å². The summed E-state index contributed by atoms with van der Waals surface area (Å²) in [4.78, 5) is 0. The first kappa shape index (κ1) is 8.82. The van der Waals surface area contributed by atoms with Gasteiger partial charge in [-0.15, -0.1) is 0 Å². The molecule has 0 aliphatic rings. The van der Waals surface area contributed by atoms with Gasteiger partial charge < -0.3 is 0 Å². The van der Waals surface area contributed by atoms with Gasteiger partial charge in [0.1, 0.15) is 6.07 Å². The van der Waals surface area contributed by atoms with E-state index in [0.29, 0.717) is 10.6 Å². The Labute approximate surface area is 84.1 Å². The molecule has 0 amide bonds. The third-order valence-electron chi connectivity index (χ3n) is 1.36. The molecule has 56 valence electrons. The average molecular weight is 277 g/mol. The first-order valence-electron chi connectivity index (χ1n) is 3.01. The lowest BCUT2D eigenvalue weighted by Crippen LogP contribution is -1.84. The number of hydrogen-bond acceptors (Lipinski definition) is 1. The van der Waals surface area contributed by atoms with E-state index < -0.39 is 0 Å². The van der Waals surface area contributed by atoms with E-state index >= 15 is 0 Å². The normalized spacial score (nSPS) is 9.27. The summed E-state index contributed by atoms with van der Waals surface area (Å²) in [6, 6.07) is 5.78. The maximum atomic E-state index is 8.65. The molecule has 0 aromatic heterocycles. The lowest BCUT2D eigenvalue weighted by Gasteiger charge is -1.99. The second-order valence-corrected chi connectivity index (χ2v) is 3.84. The molecule has 0 atom stereocenters. The van der Waals surface area contributed by atoms with Gasteiger partial charge in [0.05, 0.1) is 10.6 Å². The first-order chi connectivity index (χ1) is 5.15. The van der Waals surface area contributed by atoms with Crippen molar-refractivity contribution in [2.24, 2.45) is 0 Å². The van der Waals surface area contributed by atoms with Crippen LogP contribution >= 0.6 is 34.2 Å². The van der Waals surface area contributed by atoms with Crippen LogP contribution in [0.1, 0.15) is 11.1 Å². The van der Waals surface area contributed by atoms with Gasteiger partial charge in [0, 0.05) is 3.57 Å². The molecule has 0 radical (unpaired) electrons. The largest absolute Gasteiger partial charge is 0.192 e. The second kappa shape index (κ2) is 3.42. The standard InChI is InChI=1S/C8H5ClIN/c1-5-2-6(10)3-8(9)7(5)4-11/h2-3H,1H3. The van der Waals surface area contributed by atoms with Crippen LogP contribution in [0.15, 0.2) is 12.1 Å². The van der Waals surface area contributed by atoms with Crippen molar-refractivity contribution in [3.63, 3.8) is 0 Å². The zero-order chi connectivity index (χ0) is 8.43. The first-order valence-corrected chi connectivity index (χ1v) is 4.46. The predicted octanol–water partition coefficient (Wildman–Crippen LogP) is 3.12. The van der Waals surface area contributed by atoms with Gasteiger partial charge in [-0.2, -0.15) is 5.26 Å². The number of hydrogen-bond donors (Lipinski definition) is 0. The number of halogens is 2. The predicted molar refractivity (Wildman–Crippen MR) is 53.6 cm³/mol. The monoisotopic (exact) mass is 277 g/mol. The fourth-order valence-corrected chi connectivity index (χ4v) is 2.12. The summed E-state index contributed by atoms with van der Waals surface area (Å²) >= 11 is 7.98. The van der Waals surface area contributed by atoms with Crippen molar-refractivity contribution in [2.75, 3.05) is 0 Å². The third kappa shape index (κ3) is 1.85. The SMILES string of the molecule is Cc1cc(I)cc(Cl)c1C#N. The molecule has 0 unspecified atom stereocenters. The molecule has 0 saturated carbocycles. The van der Waals surface area contributed by atoms with E-state index in [2.05, 4.69) is 28.7 Å². The third-order valence-corrected chi connectivity index (χ3v) is 2.28. The quantitative estimate of drug-likeness (QED) is 0.668. The zero-order valence-electron chi connectivity index (χ0n) is 5.86. The van der Waals surface area contributed by atoms with Crippen LogP contribution in [0.2, 0.25) is 5.02 Å². The minimum absolute atomic E-state index is 0.539. The van der Waals surface area contributed by atoms with E-state index in [1.54, 1.807) is 6.07 Å². The molecule has 0 N–H and O–H groups in total. The maximum absolute atomic E-state index is 8.65. The van der Waals surface area contributed by atoms with E-state index in [9.17, 15) is 0 Å². The van der Waals surface area contributed by atoms with Crippen molar-refractivity contribution < 1.29 is 0 Å².